The molecule has 0 N–H and O–H groups in total. The van der Waals surface area contributed by atoms with E-state index in [1.54, 1.807) is 18.4 Å². The number of fused-ring (bicyclic) bond motifs is 1. The average Bonchev–Trinajstić information content (AvgIpc) is 3.36. The molecule has 1 aromatic heterocycles. The molecule has 1 atom stereocenters. The van der Waals surface area contributed by atoms with E-state index in [4.69, 9.17) is 9.47 Å². The Morgan fingerprint density at radius 1 is 1.11 bits per heavy atom. The number of thiophene rings is 1. The molecule has 1 aliphatic heterocycles. The van der Waals surface area contributed by atoms with Crippen LogP contribution in [0.1, 0.15) is 33.3 Å². The van der Waals surface area contributed by atoms with Gasteiger partial charge in [-0.3, -0.25) is 9.59 Å². The number of para-hydroxylation sites is 1. The van der Waals surface area contributed by atoms with Gasteiger partial charge in [-0.1, -0.05) is 18.2 Å². The van der Waals surface area contributed by atoms with Crippen molar-refractivity contribution in [3.05, 3.63) is 87.9 Å². The Bertz CT molecular complexity index is 1120. The van der Waals surface area contributed by atoms with E-state index in [0.717, 1.165) is 17.7 Å². The van der Waals surface area contributed by atoms with Crippen molar-refractivity contribution in [1.82, 2.24) is 9.80 Å². The molecule has 184 valence electrons. The fraction of sp³-hybridized carbons (Fsp3) is 0.333. The summed E-state index contributed by atoms with van der Waals surface area (Å²) in [5, 5.41) is 2.04. The molecule has 0 saturated heterocycles. The molecule has 2 amide bonds. The second kappa shape index (κ2) is 12.0. The molecule has 2 heterocycles. The Labute approximate surface area is 208 Å². The summed E-state index contributed by atoms with van der Waals surface area (Å²) in [6.45, 7) is 1.65. The summed E-state index contributed by atoms with van der Waals surface area (Å²) in [5.74, 6) is -0.115. The molecule has 1 aliphatic rings. The van der Waals surface area contributed by atoms with Gasteiger partial charge in [0.25, 0.3) is 5.91 Å². The topological polar surface area (TPSA) is 59.1 Å². The highest BCUT2D eigenvalue weighted by atomic mass is 32.1. The van der Waals surface area contributed by atoms with E-state index < -0.39 is 5.82 Å². The lowest BCUT2D eigenvalue weighted by molar-refractivity contribution is -0.135. The zero-order valence-electron chi connectivity index (χ0n) is 19.7. The molecule has 2 aromatic carbocycles. The second-order valence-corrected chi connectivity index (χ2v) is 9.36. The van der Waals surface area contributed by atoms with E-state index >= 15 is 0 Å². The average molecular weight is 497 g/mol. The van der Waals surface area contributed by atoms with Crippen LogP contribution in [0.15, 0.2) is 66.0 Å². The number of amides is 2. The van der Waals surface area contributed by atoms with Gasteiger partial charge in [0.1, 0.15) is 24.7 Å². The molecule has 0 unspecified atom stereocenters. The van der Waals surface area contributed by atoms with Crippen LogP contribution in [0.25, 0.3) is 0 Å². The molecule has 3 aromatic rings. The third-order valence-corrected chi connectivity index (χ3v) is 7.04. The van der Waals surface area contributed by atoms with Crippen molar-refractivity contribution in [2.24, 2.45) is 0 Å². The standard InChI is InChI=1S/C27H29FN2O4S/c1-33-16-5-14-29(27(32)20-8-10-21(28)11-9-20)18-26(31)30-15-12-25-23(13-17-35-25)24(30)19-34-22-6-3-2-4-7-22/h2-4,6-11,13,17,24H,5,12,14-16,18-19H2,1H3/t24-/m0/s1. The number of benzene rings is 2. The number of rotatable bonds is 10. The number of carbonyl (C=O) groups is 2. The summed E-state index contributed by atoms with van der Waals surface area (Å²) >= 11 is 1.69. The highest BCUT2D eigenvalue weighted by Crippen LogP contribution is 2.34. The van der Waals surface area contributed by atoms with Crippen molar-refractivity contribution < 1.29 is 23.5 Å². The van der Waals surface area contributed by atoms with Gasteiger partial charge in [0, 0.05) is 37.2 Å². The maximum absolute atomic E-state index is 13.6. The van der Waals surface area contributed by atoms with E-state index in [1.165, 1.54) is 34.0 Å². The molecule has 4 rings (SSSR count). The Balaban J connectivity index is 1.51. The van der Waals surface area contributed by atoms with Gasteiger partial charge in [-0.2, -0.15) is 0 Å². The number of methoxy groups -OCH3 is 1. The predicted octanol–water partition coefficient (Wildman–Crippen LogP) is 4.57. The fourth-order valence-electron chi connectivity index (χ4n) is 4.25. The van der Waals surface area contributed by atoms with Crippen LogP contribution in [0.2, 0.25) is 0 Å². The van der Waals surface area contributed by atoms with Gasteiger partial charge in [0.15, 0.2) is 0 Å². The number of carbonyl (C=O) groups excluding carboxylic acids is 2. The van der Waals surface area contributed by atoms with Gasteiger partial charge >= 0.3 is 0 Å². The fourth-order valence-corrected chi connectivity index (χ4v) is 5.18. The van der Waals surface area contributed by atoms with Crippen LogP contribution in [0.5, 0.6) is 5.75 Å². The van der Waals surface area contributed by atoms with E-state index in [1.807, 2.05) is 40.6 Å². The minimum atomic E-state index is -0.412. The van der Waals surface area contributed by atoms with Crippen molar-refractivity contribution in [2.75, 3.05) is 40.0 Å². The lowest BCUT2D eigenvalue weighted by Gasteiger charge is -2.37. The van der Waals surface area contributed by atoms with Crippen LogP contribution >= 0.6 is 11.3 Å². The third kappa shape index (κ3) is 6.26. The number of hydrogen-bond donors (Lipinski definition) is 0. The van der Waals surface area contributed by atoms with E-state index in [9.17, 15) is 14.0 Å². The van der Waals surface area contributed by atoms with Gasteiger partial charge in [-0.25, -0.2) is 4.39 Å². The first-order valence-electron chi connectivity index (χ1n) is 11.6. The SMILES string of the molecule is COCCCN(CC(=O)N1CCc2sccc2[C@@H]1COc1ccccc1)C(=O)c1ccc(F)cc1. The number of halogens is 1. The molecule has 0 fully saturated rings. The second-order valence-electron chi connectivity index (χ2n) is 8.36. The smallest absolute Gasteiger partial charge is 0.254 e. The van der Waals surface area contributed by atoms with Crippen molar-refractivity contribution in [1.29, 1.82) is 0 Å². The quantitative estimate of drug-likeness (QED) is 0.386. The molecule has 0 radical (unpaired) electrons. The molecule has 0 bridgehead atoms. The van der Waals surface area contributed by atoms with Crippen LogP contribution in [0.4, 0.5) is 4.39 Å². The highest BCUT2D eigenvalue weighted by molar-refractivity contribution is 7.10. The normalized spacial score (nSPS) is 14.9. The summed E-state index contributed by atoms with van der Waals surface area (Å²) in [6, 6.07) is 16.7. The molecule has 35 heavy (non-hydrogen) atoms. The highest BCUT2D eigenvalue weighted by Gasteiger charge is 2.33. The first kappa shape index (κ1) is 24.9. The van der Waals surface area contributed by atoms with E-state index in [2.05, 4.69) is 6.07 Å². The summed E-state index contributed by atoms with van der Waals surface area (Å²) in [6.07, 6.45) is 1.36. The number of ether oxygens (including phenoxy) is 2. The van der Waals surface area contributed by atoms with Crippen molar-refractivity contribution in [2.45, 2.75) is 18.9 Å². The molecular weight excluding hydrogens is 467 g/mol. The van der Waals surface area contributed by atoms with Crippen LogP contribution in [-0.2, 0) is 16.0 Å². The van der Waals surface area contributed by atoms with Crippen molar-refractivity contribution >= 4 is 23.2 Å². The predicted molar refractivity (Wildman–Crippen MR) is 133 cm³/mol. The van der Waals surface area contributed by atoms with Gasteiger partial charge in [-0.15, -0.1) is 11.3 Å². The number of nitrogens with zero attached hydrogens (tertiary/aromatic N) is 2. The molecule has 6 nitrogen and oxygen atoms in total. The zero-order chi connectivity index (χ0) is 24.6. The van der Waals surface area contributed by atoms with Crippen molar-refractivity contribution in [3.8, 4) is 5.75 Å². The maximum Gasteiger partial charge on any atom is 0.254 e. The van der Waals surface area contributed by atoms with Crippen molar-refractivity contribution in [3.63, 3.8) is 0 Å². The zero-order valence-corrected chi connectivity index (χ0v) is 20.5. The lowest BCUT2D eigenvalue weighted by Crippen LogP contribution is -2.48. The minimum Gasteiger partial charge on any atom is -0.491 e. The Kier molecular flexibility index (Phi) is 8.50. The summed E-state index contributed by atoms with van der Waals surface area (Å²) in [4.78, 5) is 31.4. The van der Waals surface area contributed by atoms with Crippen LogP contribution in [-0.4, -0.2) is 61.6 Å². The van der Waals surface area contributed by atoms with E-state index in [0.29, 0.717) is 38.3 Å². The molecule has 0 saturated carbocycles. The monoisotopic (exact) mass is 496 g/mol. The summed E-state index contributed by atoms with van der Waals surface area (Å²) < 4.78 is 24.6. The lowest BCUT2D eigenvalue weighted by atomic mass is 10.0. The summed E-state index contributed by atoms with van der Waals surface area (Å²) in [5.41, 5.74) is 1.45. The Morgan fingerprint density at radius 2 is 1.89 bits per heavy atom. The number of hydrogen-bond acceptors (Lipinski definition) is 5. The van der Waals surface area contributed by atoms with Crippen LogP contribution < -0.4 is 4.74 Å². The van der Waals surface area contributed by atoms with Crippen LogP contribution in [0.3, 0.4) is 0 Å². The summed E-state index contributed by atoms with van der Waals surface area (Å²) in [7, 11) is 1.60. The van der Waals surface area contributed by atoms with Gasteiger partial charge in [0.05, 0.1) is 6.04 Å². The first-order chi connectivity index (χ1) is 17.1. The first-order valence-corrected chi connectivity index (χ1v) is 12.5. The Hall–Kier alpha value is -3.23. The van der Waals surface area contributed by atoms with Gasteiger partial charge in [0.2, 0.25) is 5.91 Å². The Morgan fingerprint density at radius 3 is 2.63 bits per heavy atom. The minimum absolute atomic E-state index is 0.0682. The maximum atomic E-state index is 13.6. The van der Waals surface area contributed by atoms with Gasteiger partial charge in [-0.05, 0) is 66.2 Å². The van der Waals surface area contributed by atoms with E-state index in [-0.39, 0.29) is 24.4 Å². The molecule has 8 heteroatoms. The third-order valence-electron chi connectivity index (χ3n) is 6.05. The molecule has 0 spiro atoms. The largest absolute Gasteiger partial charge is 0.491 e. The molecular formula is C27H29FN2O4S. The van der Waals surface area contributed by atoms with Gasteiger partial charge < -0.3 is 19.3 Å². The molecule has 0 aliphatic carbocycles. The van der Waals surface area contributed by atoms with Crippen LogP contribution in [0, 0.1) is 5.82 Å².